The second-order valence-corrected chi connectivity index (χ2v) is 10.6. The molecule has 0 fully saturated rings. The number of thiol groups is 1. The molecule has 0 spiro atoms. The minimum Gasteiger partial charge on any atom is -0.374 e. The third kappa shape index (κ3) is 7.32. The average molecular weight is 301 g/mol. The molecule has 0 aromatic carbocycles. The monoisotopic (exact) mass is 301 g/mol. The van der Waals surface area contributed by atoms with E-state index in [-0.39, 0.29) is 0 Å². The molecular formula is C9H22O3PS2Si+. The van der Waals surface area contributed by atoms with Crippen LogP contribution in [0.25, 0.3) is 0 Å². The maximum Gasteiger partial charge on any atom is 0.501 e. The van der Waals surface area contributed by atoms with Crippen LogP contribution in [0.4, 0.5) is 0 Å². The molecular weight excluding hydrogens is 279 g/mol. The molecule has 96 valence electrons. The van der Waals surface area contributed by atoms with Crippen LogP contribution >= 0.6 is 18.1 Å². The highest BCUT2D eigenvalue weighted by atomic mass is 32.9. The van der Waals surface area contributed by atoms with Crippen LogP contribution in [-0.2, 0) is 25.1 Å². The summed E-state index contributed by atoms with van der Waals surface area (Å²) < 4.78 is 17.2. The Bertz CT molecular complexity index is 190. The van der Waals surface area contributed by atoms with Gasteiger partial charge in [0.25, 0.3) is 0 Å². The van der Waals surface area contributed by atoms with Crippen LogP contribution in [0.15, 0.2) is 0 Å². The molecule has 0 aliphatic rings. The van der Waals surface area contributed by atoms with Gasteiger partial charge in [-0.3, -0.25) is 0 Å². The molecule has 0 aromatic rings. The van der Waals surface area contributed by atoms with Crippen LogP contribution in [0.2, 0.25) is 6.04 Å². The molecule has 1 atom stereocenters. The largest absolute Gasteiger partial charge is 0.501 e. The first-order chi connectivity index (χ1) is 7.60. The molecule has 0 amide bonds. The lowest BCUT2D eigenvalue weighted by atomic mass is 10.6. The van der Waals surface area contributed by atoms with E-state index in [1.54, 1.807) is 0 Å². The molecule has 0 aromatic heterocycles. The van der Waals surface area contributed by atoms with Gasteiger partial charge in [0.05, 0.1) is 12.2 Å². The van der Waals surface area contributed by atoms with E-state index in [2.05, 4.69) is 12.2 Å². The van der Waals surface area contributed by atoms with Gasteiger partial charge in [-0.2, -0.15) is 0 Å². The standard InChI is InChI=1S/C9H21O3PS2Si/c1-4-10-16(11-5-2,12-6-3)9-7-8-13(14)15/h4-9H2,1-3H3/p+1. The summed E-state index contributed by atoms with van der Waals surface area (Å²) in [5, 5.41) is 0. The third-order valence-corrected chi connectivity index (χ3v) is 6.92. The first-order valence-corrected chi connectivity index (χ1v) is 11.3. The summed E-state index contributed by atoms with van der Waals surface area (Å²) in [6, 6.07) is 0.846. The highest BCUT2D eigenvalue weighted by Gasteiger charge is 2.40. The van der Waals surface area contributed by atoms with E-state index < -0.39 is 14.7 Å². The van der Waals surface area contributed by atoms with Gasteiger partial charge in [0.1, 0.15) is 6.16 Å². The molecule has 3 nitrogen and oxygen atoms in total. The van der Waals surface area contributed by atoms with Gasteiger partial charge < -0.3 is 13.3 Å². The highest BCUT2D eigenvalue weighted by molar-refractivity contribution is 8.56. The van der Waals surface area contributed by atoms with Crippen LogP contribution in [0, 0.1) is 0 Å². The summed E-state index contributed by atoms with van der Waals surface area (Å²) in [6.45, 7) is 7.82. The summed E-state index contributed by atoms with van der Waals surface area (Å²) in [4.78, 5) is 0. The molecule has 1 unspecified atom stereocenters. The predicted octanol–water partition coefficient (Wildman–Crippen LogP) is 3.21. The van der Waals surface area contributed by atoms with E-state index in [9.17, 15) is 0 Å². The zero-order valence-corrected chi connectivity index (χ0v) is 13.9. The lowest BCUT2D eigenvalue weighted by Gasteiger charge is -2.27. The summed E-state index contributed by atoms with van der Waals surface area (Å²) in [5.41, 5.74) is 0. The van der Waals surface area contributed by atoms with Crippen LogP contribution < -0.4 is 0 Å². The Labute approximate surface area is 111 Å². The quantitative estimate of drug-likeness (QED) is 0.381. The molecule has 0 saturated heterocycles. The number of hydrogen-bond acceptors (Lipinski definition) is 4. The van der Waals surface area contributed by atoms with Crippen molar-refractivity contribution in [1.29, 1.82) is 0 Å². The van der Waals surface area contributed by atoms with Crippen LogP contribution in [0.3, 0.4) is 0 Å². The molecule has 0 heterocycles. The van der Waals surface area contributed by atoms with Crippen molar-refractivity contribution in [2.45, 2.75) is 33.2 Å². The zero-order valence-electron chi connectivity index (χ0n) is 10.3. The van der Waals surface area contributed by atoms with Crippen molar-refractivity contribution in [2.75, 3.05) is 26.0 Å². The van der Waals surface area contributed by atoms with Crippen molar-refractivity contribution in [1.82, 2.24) is 0 Å². The second kappa shape index (κ2) is 9.94. The van der Waals surface area contributed by atoms with Crippen molar-refractivity contribution in [2.24, 2.45) is 0 Å². The van der Waals surface area contributed by atoms with Crippen molar-refractivity contribution >= 4 is 38.8 Å². The molecule has 0 N–H and O–H groups in total. The van der Waals surface area contributed by atoms with Gasteiger partial charge in [-0.05, 0) is 27.2 Å². The second-order valence-electron chi connectivity index (χ2n) is 3.16. The Hall–Kier alpha value is 0.967. The first kappa shape index (κ1) is 17.0. The number of hydrogen-bond donors (Lipinski definition) is 1. The van der Waals surface area contributed by atoms with Gasteiger partial charge in [0.2, 0.25) is 5.90 Å². The fourth-order valence-corrected chi connectivity index (χ4v) is 5.58. The Balaban J connectivity index is 4.28. The van der Waals surface area contributed by atoms with Gasteiger partial charge in [-0.15, -0.1) is 0 Å². The molecule has 0 bridgehead atoms. The summed E-state index contributed by atoms with van der Waals surface area (Å²) in [6.07, 6.45) is 1.93. The van der Waals surface area contributed by atoms with E-state index in [4.69, 9.17) is 25.1 Å². The van der Waals surface area contributed by atoms with Crippen molar-refractivity contribution in [3.63, 3.8) is 0 Å². The molecule has 0 aliphatic carbocycles. The van der Waals surface area contributed by atoms with Crippen molar-refractivity contribution < 1.29 is 13.3 Å². The fraction of sp³-hybridized carbons (Fsp3) is 1.00. The van der Waals surface area contributed by atoms with Crippen molar-refractivity contribution in [3.8, 4) is 0 Å². The minimum absolute atomic E-state index is 0.548. The normalized spacial score (nSPS) is 12.9. The van der Waals surface area contributed by atoms with Gasteiger partial charge in [0.15, 0.2) is 11.8 Å². The van der Waals surface area contributed by atoms with Gasteiger partial charge in [-0.1, -0.05) is 0 Å². The van der Waals surface area contributed by atoms with Crippen LogP contribution in [0.5, 0.6) is 0 Å². The van der Waals surface area contributed by atoms with E-state index in [1.165, 1.54) is 0 Å². The molecule has 0 rings (SSSR count). The molecule has 7 heteroatoms. The maximum atomic E-state index is 5.73. The first-order valence-electron chi connectivity index (χ1n) is 5.65. The minimum atomic E-state index is -2.43. The number of rotatable bonds is 10. The molecule has 0 radical (unpaired) electrons. The average Bonchev–Trinajstić information content (AvgIpc) is 2.18. The van der Waals surface area contributed by atoms with Gasteiger partial charge in [-0.25, -0.2) is 0 Å². The molecule has 0 aliphatic heterocycles. The summed E-state index contributed by atoms with van der Waals surface area (Å²) in [7, 11) is -2.43. The highest BCUT2D eigenvalue weighted by Crippen LogP contribution is 2.29. The van der Waals surface area contributed by atoms with E-state index in [1.807, 2.05) is 20.8 Å². The smallest absolute Gasteiger partial charge is 0.374 e. The third-order valence-electron chi connectivity index (χ3n) is 1.93. The lowest BCUT2D eigenvalue weighted by Crippen LogP contribution is -2.46. The summed E-state index contributed by atoms with van der Waals surface area (Å²) in [5.74, 6) is -0.548. The lowest BCUT2D eigenvalue weighted by molar-refractivity contribution is 0.0712. The zero-order chi connectivity index (χ0) is 12.4. The predicted molar refractivity (Wildman–Crippen MR) is 78.2 cm³/mol. The SMILES string of the molecule is CCO[Si](CCC[P+](=S)S)(OCC)OCC. The van der Waals surface area contributed by atoms with Gasteiger partial charge >= 0.3 is 8.80 Å². The van der Waals surface area contributed by atoms with E-state index >= 15 is 0 Å². The Morgan fingerprint density at radius 2 is 1.50 bits per heavy atom. The molecule has 0 saturated carbocycles. The van der Waals surface area contributed by atoms with Gasteiger partial charge in [0, 0.05) is 25.9 Å². The van der Waals surface area contributed by atoms with E-state index in [0.29, 0.717) is 19.8 Å². The Kier molecular flexibility index (Phi) is 10.5. The van der Waals surface area contributed by atoms with E-state index in [0.717, 1.165) is 18.6 Å². The summed E-state index contributed by atoms with van der Waals surface area (Å²) >= 11 is 9.34. The van der Waals surface area contributed by atoms with Crippen LogP contribution in [0.1, 0.15) is 27.2 Å². The van der Waals surface area contributed by atoms with Crippen molar-refractivity contribution in [3.05, 3.63) is 0 Å². The van der Waals surface area contributed by atoms with Crippen LogP contribution in [-0.4, -0.2) is 34.8 Å². The maximum absolute atomic E-state index is 5.73. The molecule has 16 heavy (non-hydrogen) atoms. The fourth-order valence-electron chi connectivity index (χ4n) is 1.43. The Morgan fingerprint density at radius 3 is 1.81 bits per heavy atom. The topological polar surface area (TPSA) is 27.7 Å². The Morgan fingerprint density at radius 1 is 1.06 bits per heavy atom.